The van der Waals surface area contributed by atoms with E-state index in [2.05, 4.69) is 11.7 Å². The van der Waals surface area contributed by atoms with Crippen LogP contribution in [-0.2, 0) is 10.0 Å². The van der Waals surface area contributed by atoms with Gasteiger partial charge in [-0.1, -0.05) is 6.08 Å². The number of allylic oxidation sites excluding steroid dienone is 1. The molecular formula is C10H12F3N3O3S. The molecule has 1 rings (SSSR count). The Morgan fingerprint density at radius 2 is 2.20 bits per heavy atom. The topological polar surface area (TPSA) is 81.1 Å². The van der Waals surface area contributed by atoms with E-state index in [1.165, 1.54) is 10.9 Å². The molecule has 112 valence electrons. The van der Waals surface area contributed by atoms with Gasteiger partial charge in [0.15, 0.2) is 5.69 Å². The maximum Gasteiger partial charge on any atom is 0.516 e. The van der Waals surface area contributed by atoms with Gasteiger partial charge in [-0.3, -0.25) is 9.48 Å². The van der Waals surface area contributed by atoms with Crippen LogP contribution in [0.3, 0.4) is 0 Å². The third-order valence-electron chi connectivity index (χ3n) is 2.33. The number of nitrogens with one attached hydrogen (secondary N) is 1. The fraction of sp³-hybridized carbons (Fsp3) is 0.400. The standard InChI is InChI=1S/C10H12F3N3O3S/c1-3-4-7(2)16-6-5-8(14-16)9(17)15-20(18,19)10(11,12)13/h3,5-7H,1,4H2,2H3,(H,15,17). The van der Waals surface area contributed by atoms with Crippen molar-refractivity contribution in [2.24, 2.45) is 0 Å². The first-order valence-corrected chi connectivity index (χ1v) is 6.86. The van der Waals surface area contributed by atoms with Crippen LogP contribution in [-0.4, -0.2) is 29.6 Å². The largest absolute Gasteiger partial charge is 0.516 e. The van der Waals surface area contributed by atoms with Crippen molar-refractivity contribution in [2.75, 3.05) is 0 Å². The molecule has 1 atom stereocenters. The van der Waals surface area contributed by atoms with Crippen LogP contribution in [0.4, 0.5) is 13.2 Å². The number of halogens is 3. The van der Waals surface area contributed by atoms with E-state index < -0.39 is 27.1 Å². The molecule has 0 saturated carbocycles. The number of sulfonamides is 1. The molecule has 0 bridgehead atoms. The van der Waals surface area contributed by atoms with Gasteiger partial charge in [-0.25, -0.2) is 4.72 Å². The minimum absolute atomic E-state index is 0.159. The molecule has 1 amide bonds. The van der Waals surface area contributed by atoms with E-state index in [0.717, 1.165) is 10.8 Å². The first-order chi connectivity index (χ1) is 9.08. The zero-order valence-corrected chi connectivity index (χ0v) is 11.2. The van der Waals surface area contributed by atoms with Crippen molar-refractivity contribution < 1.29 is 26.4 Å². The monoisotopic (exact) mass is 311 g/mol. The summed E-state index contributed by atoms with van der Waals surface area (Å²) in [4.78, 5) is 11.4. The average molecular weight is 311 g/mol. The van der Waals surface area contributed by atoms with Crippen LogP contribution in [0, 0.1) is 0 Å². The molecule has 0 aliphatic rings. The second-order valence-corrected chi connectivity index (χ2v) is 5.61. The Morgan fingerprint density at radius 1 is 1.60 bits per heavy atom. The Kier molecular flexibility index (Phi) is 4.58. The number of hydrogen-bond donors (Lipinski definition) is 1. The molecule has 0 aromatic carbocycles. The SMILES string of the molecule is C=CCC(C)n1ccc(C(=O)NS(=O)(=O)C(F)(F)F)n1. The second-order valence-electron chi connectivity index (χ2n) is 3.93. The van der Waals surface area contributed by atoms with Crippen LogP contribution < -0.4 is 4.72 Å². The number of carbonyl (C=O) groups is 1. The highest BCUT2D eigenvalue weighted by Crippen LogP contribution is 2.21. The number of rotatable bonds is 5. The van der Waals surface area contributed by atoms with Crippen molar-refractivity contribution >= 4 is 15.9 Å². The molecule has 0 spiro atoms. The van der Waals surface area contributed by atoms with E-state index in [1.807, 2.05) is 0 Å². The highest BCUT2D eigenvalue weighted by Gasteiger charge is 2.47. The summed E-state index contributed by atoms with van der Waals surface area (Å²) < 4.78 is 60.1. The molecule has 10 heteroatoms. The summed E-state index contributed by atoms with van der Waals surface area (Å²) in [6.45, 7) is 5.27. The number of aromatic nitrogens is 2. The van der Waals surface area contributed by atoms with Crippen LogP contribution in [0.5, 0.6) is 0 Å². The zero-order valence-electron chi connectivity index (χ0n) is 10.4. The predicted octanol–water partition coefficient (Wildman–Crippen LogP) is 1.60. The third-order valence-corrected chi connectivity index (χ3v) is 3.40. The quantitative estimate of drug-likeness (QED) is 0.838. The van der Waals surface area contributed by atoms with Gasteiger partial charge in [-0.15, -0.1) is 6.58 Å². The highest BCUT2D eigenvalue weighted by atomic mass is 32.2. The highest BCUT2D eigenvalue weighted by molar-refractivity contribution is 7.90. The van der Waals surface area contributed by atoms with Gasteiger partial charge in [0.25, 0.3) is 5.91 Å². The lowest BCUT2D eigenvalue weighted by Crippen LogP contribution is -2.40. The molecule has 6 nitrogen and oxygen atoms in total. The van der Waals surface area contributed by atoms with Gasteiger partial charge < -0.3 is 0 Å². The second kappa shape index (κ2) is 5.65. The molecule has 0 aliphatic heterocycles. The number of hydrogen-bond acceptors (Lipinski definition) is 4. The van der Waals surface area contributed by atoms with Gasteiger partial charge in [-0.05, 0) is 19.4 Å². The van der Waals surface area contributed by atoms with Crippen LogP contribution in [0.2, 0.25) is 0 Å². The van der Waals surface area contributed by atoms with Crippen molar-refractivity contribution in [3.05, 3.63) is 30.6 Å². The van der Waals surface area contributed by atoms with Gasteiger partial charge in [0.05, 0.1) is 6.04 Å². The lowest BCUT2D eigenvalue weighted by molar-refractivity contribution is -0.0446. The van der Waals surface area contributed by atoms with E-state index in [-0.39, 0.29) is 6.04 Å². The Balaban J connectivity index is 2.87. The van der Waals surface area contributed by atoms with E-state index in [9.17, 15) is 26.4 Å². The normalized spacial score (nSPS) is 13.8. The number of nitrogens with zero attached hydrogens (tertiary/aromatic N) is 2. The van der Waals surface area contributed by atoms with Gasteiger partial charge in [0.2, 0.25) is 0 Å². The van der Waals surface area contributed by atoms with Crippen molar-refractivity contribution in [3.8, 4) is 0 Å². The van der Waals surface area contributed by atoms with E-state index in [4.69, 9.17) is 0 Å². The molecular weight excluding hydrogens is 299 g/mol. The van der Waals surface area contributed by atoms with Crippen molar-refractivity contribution in [3.63, 3.8) is 0 Å². The maximum atomic E-state index is 12.1. The molecule has 0 radical (unpaired) electrons. The summed E-state index contributed by atoms with van der Waals surface area (Å²) in [7, 11) is -5.73. The number of carbonyl (C=O) groups excluding carboxylic acids is 1. The molecule has 20 heavy (non-hydrogen) atoms. The first kappa shape index (κ1) is 16.2. The third kappa shape index (κ3) is 3.59. The minimum Gasteiger partial charge on any atom is -0.269 e. The first-order valence-electron chi connectivity index (χ1n) is 5.38. The van der Waals surface area contributed by atoms with Crippen molar-refractivity contribution in [1.29, 1.82) is 0 Å². The molecule has 1 aromatic rings. The molecule has 1 unspecified atom stereocenters. The molecule has 1 N–H and O–H groups in total. The Morgan fingerprint density at radius 3 is 2.70 bits per heavy atom. The predicted molar refractivity (Wildman–Crippen MR) is 64.2 cm³/mol. The van der Waals surface area contributed by atoms with Gasteiger partial charge in [0.1, 0.15) is 0 Å². The van der Waals surface area contributed by atoms with Crippen LogP contribution in [0.25, 0.3) is 0 Å². The molecule has 0 saturated heterocycles. The van der Waals surface area contributed by atoms with E-state index in [1.54, 1.807) is 13.0 Å². The average Bonchev–Trinajstić information content (AvgIpc) is 2.76. The lowest BCUT2D eigenvalue weighted by atomic mass is 10.2. The molecule has 0 fully saturated rings. The Hall–Kier alpha value is -1.84. The lowest BCUT2D eigenvalue weighted by Gasteiger charge is -2.09. The van der Waals surface area contributed by atoms with Crippen molar-refractivity contribution in [1.82, 2.24) is 14.5 Å². The van der Waals surface area contributed by atoms with E-state index >= 15 is 0 Å². The van der Waals surface area contributed by atoms with Gasteiger partial charge >= 0.3 is 15.5 Å². The van der Waals surface area contributed by atoms with Crippen LogP contribution in [0.15, 0.2) is 24.9 Å². The summed E-state index contributed by atoms with van der Waals surface area (Å²) in [5.41, 5.74) is -5.98. The Bertz CT molecular complexity index is 607. The minimum atomic E-state index is -5.73. The van der Waals surface area contributed by atoms with Gasteiger partial charge in [-0.2, -0.15) is 26.7 Å². The fourth-order valence-corrected chi connectivity index (χ4v) is 1.75. The van der Waals surface area contributed by atoms with Crippen LogP contribution >= 0.6 is 0 Å². The van der Waals surface area contributed by atoms with Crippen LogP contribution in [0.1, 0.15) is 29.9 Å². The number of alkyl halides is 3. The van der Waals surface area contributed by atoms with Gasteiger partial charge in [0, 0.05) is 6.20 Å². The summed E-state index contributed by atoms with van der Waals surface area (Å²) in [6, 6.07) is 0.967. The summed E-state index contributed by atoms with van der Waals surface area (Å²) >= 11 is 0. The Labute approximate surface area is 113 Å². The van der Waals surface area contributed by atoms with E-state index in [0.29, 0.717) is 6.42 Å². The summed E-state index contributed by atoms with van der Waals surface area (Å²) in [6.07, 6.45) is 3.51. The maximum absolute atomic E-state index is 12.1. The molecule has 1 heterocycles. The zero-order chi connectivity index (χ0) is 15.6. The smallest absolute Gasteiger partial charge is 0.269 e. The summed E-state index contributed by atoms with van der Waals surface area (Å²) in [5, 5.41) is 3.72. The van der Waals surface area contributed by atoms with Crippen molar-refractivity contribution in [2.45, 2.75) is 24.9 Å². The molecule has 0 aliphatic carbocycles. The summed E-state index contributed by atoms with van der Waals surface area (Å²) in [5.74, 6) is -1.44. The molecule has 1 aromatic heterocycles. The fourth-order valence-electron chi connectivity index (χ4n) is 1.29. The number of amides is 1.